The smallest absolute Gasteiger partial charge is 0.289 e. The lowest BCUT2D eigenvalue weighted by atomic mass is 9.93. The van der Waals surface area contributed by atoms with E-state index in [2.05, 4.69) is 47.0 Å². The van der Waals surface area contributed by atoms with E-state index < -0.39 is 0 Å². The Kier molecular flexibility index (Phi) is 5.13. The molecule has 0 bridgehead atoms. The van der Waals surface area contributed by atoms with Crippen LogP contribution in [0, 0.1) is 0 Å². The van der Waals surface area contributed by atoms with Crippen molar-refractivity contribution in [3.8, 4) is 0 Å². The van der Waals surface area contributed by atoms with Crippen molar-refractivity contribution in [3.05, 3.63) is 38.6 Å². The number of hydrogen-bond donors (Lipinski definition) is 0. The molecule has 0 atom stereocenters. The summed E-state index contributed by atoms with van der Waals surface area (Å²) >= 11 is 4.96. The molecule has 1 aliphatic heterocycles. The maximum Gasteiger partial charge on any atom is 0.289 e. The fourth-order valence-electron chi connectivity index (χ4n) is 2.61. The summed E-state index contributed by atoms with van der Waals surface area (Å²) in [6.45, 7) is 10.6. The highest BCUT2D eigenvalue weighted by Crippen LogP contribution is 2.25. The van der Waals surface area contributed by atoms with Crippen LogP contribution in [0.2, 0.25) is 0 Å². The molecule has 0 radical (unpaired) electrons. The number of piperazine rings is 1. The number of furan rings is 1. The number of halogens is 1. The van der Waals surface area contributed by atoms with E-state index in [4.69, 9.17) is 9.40 Å². The molecule has 0 N–H and O–H groups in total. The zero-order valence-corrected chi connectivity index (χ0v) is 16.6. The lowest BCUT2D eigenvalue weighted by Crippen LogP contribution is -2.48. The Labute approximate surface area is 154 Å². The van der Waals surface area contributed by atoms with Gasteiger partial charge in [-0.1, -0.05) is 20.8 Å². The van der Waals surface area contributed by atoms with Crippen LogP contribution >= 0.6 is 27.3 Å². The standard InChI is InChI=1S/C17H22BrN3O2S/c1-17(2,3)13-11-24-15(19-13)10-20-6-8-21(9-7-20)16(22)12-4-5-14(18)23-12/h4-5,11H,6-10H2,1-3H3. The van der Waals surface area contributed by atoms with Gasteiger partial charge in [-0.15, -0.1) is 11.3 Å². The predicted molar refractivity (Wildman–Crippen MR) is 98.4 cm³/mol. The largest absolute Gasteiger partial charge is 0.444 e. The summed E-state index contributed by atoms with van der Waals surface area (Å²) < 4.78 is 5.95. The van der Waals surface area contributed by atoms with Crippen LogP contribution in [0.1, 0.15) is 42.0 Å². The topological polar surface area (TPSA) is 49.6 Å². The third-order valence-electron chi connectivity index (χ3n) is 4.12. The van der Waals surface area contributed by atoms with Crippen LogP contribution in [-0.2, 0) is 12.0 Å². The van der Waals surface area contributed by atoms with Gasteiger partial charge in [0.15, 0.2) is 10.4 Å². The Hall–Kier alpha value is -1.18. The monoisotopic (exact) mass is 411 g/mol. The summed E-state index contributed by atoms with van der Waals surface area (Å²) in [5, 5.41) is 3.30. The highest BCUT2D eigenvalue weighted by atomic mass is 79.9. The number of amides is 1. The molecular weight excluding hydrogens is 390 g/mol. The third kappa shape index (κ3) is 4.07. The van der Waals surface area contributed by atoms with Crippen LogP contribution in [0.3, 0.4) is 0 Å². The zero-order chi connectivity index (χ0) is 17.3. The minimum Gasteiger partial charge on any atom is -0.444 e. The maximum atomic E-state index is 12.4. The number of carbonyl (C=O) groups excluding carboxylic acids is 1. The molecular formula is C17H22BrN3O2S. The molecule has 0 aromatic carbocycles. The van der Waals surface area contributed by atoms with Crippen LogP contribution in [0.15, 0.2) is 26.6 Å². The molecule has 0 saturated carbocycles. The van der Waals surface area contributed by atoms with E-state index >= 15 is 0 Å². The summed E-state index contributed by atoms with van der Waals surface area (Å²) in [5.41, 5.74) is 1.25. The number of hydrogen-bond acceptors (Lipinski definition) is 5. The molecule has 5 nitrogen and oxygen atoms in total. The van der Waals surface area contributed by atoms with E-state index in [0.717, 1.165) is 30.3 Å². The first-order valence-corrected chi connectivity index (χ1v) is 9.72. The first kappa shape index (κ1) is 17.6. The lowest BCUT2D eigenvalue weighted by molar-refractivity contribution is 0.0596. The molecule has 7 heteroatoms. The first-order valence-electron chi connectivity index (χ1n) is 8.05. The van der Waals surface area contributed by atoms with Gasteiger partial charge in [0.05, 0.1) is 12.2 Å². The normalized spacial score (nSPS) is 16.6. The van der Waals surface area contributed by atoms with Gasteiger partial charge in [0.25, 0.3) is 5.91 Å². The van der Waals surface area contributed by atoms with Crippen LogP contribution in [0.5, 0.6) is 0 Å². The lowest BCUT2D eigenvalue weighted by Gasteiger charge is -2.33. The van der Waals surface area contributed by atoms with E-state index in [1.807, 2.05) is 4.90 Å². The number of thiazole rings is 1. The van der Waals surface area contributed by atoms with Crippen molar-refractivity contribution in [3.63, 3.8) is 0 Å². The van der Waals surface area contributed by atoms with Crippen molar-refractivity contribution >= 4 is 33.2 Å². The van der Waals surface area contributed by atoms with E-state index in [1.54, 1.807) is 23.5 Å². The van der Waals surface area contributed by atoms with Crippen molar-refractivity contribution in [1.82, 2.24) is 14.8 Å². The third-order valence-corrected chi connectivity index (χ3v) is 5.38. The SMILES string of the molecule is CC(C)(C)c1csc(CN2CCN(C(=O)c3ccc(Br)o3)CC2)n1. The Balaban J connectivity index is 1.54. The Bertz CT molecular complexity index is 711. The Morgan fingerprint density at radius 3 is 2.54 bits per heavy atom. The molecule has 1 saturated heterocycles. The maximum absolute atomic E-state index is 12.4. The summed E-state index contributed by atoms with van der Waals surface area (Å²) in [6.07, 6.45) is 0. The van der Waals surface area contributed by atoms with E-state index in [1.165, 1.54) is 0 Å². The number of aromatic nitrogens is 1. The molecule has 0 unspecified atom stereocenters. The van der Waals surface area contributed by atoms with Crippen molar-refractivity contribution in [2.75, 3.05) is 26.2 Å². The summed E-state index contributed by atoms with van der Waals surface area (Å²) in [5.74, 6) is 0.356. The van der Waals surface area contributed by atoms with Gasteiger partial charge >= 0.3 is 0 Å². The summed E-state index contributed by atoms with van der Waals surface area (Å²) in [4.78, 5) is 21.3. The minimum absolute atomic E-state index is 0.0374. The average Bonchev–Trinajstić information content (AvgIpc) is 3.16. The molecule has 3 rings (SSSR count). The second kappa shape index (κ2) is 6.98. The molecule has 0 spiro atoms. The molecule has 1 aliphatic rings. The van der Waals surface area contributed by atoms with E-state index in [9.17, 15) is 4.79 Å². The minimum atomic E-state index is -0.0374. The predicted octanol–water partition coefficient (Wildman–Crippen LogP) is 3.75. The van der Waals surface area contributed by atoms with Gasteiger partial charge in [0.2, 0.25) is 0 Å². The zero-order valence-electron chi connectivity index (χ0n) is 14.2. The van der Waals surface area contributed by atoms with Gasteiger partial charge in [-0.3, -0.25) is 9.69 Å². The fourth-order valence-corrected chi connectivity index (χ4v) is 3.98. The van der Waals surface area contributed by atoms with Gasteiger partial charge in [-0.2, -0.15) is 0 Å². The average molecular weight is 412 g/mol. The number of rotatable bonds is 3. The summed E-state index contributed by atoms with van der Waals surface area (Å²) in [6, 6.07) is 3.46. The highest BCUT2D eigenvalue weighted by Gasteiger charge is 2.25. The molecule has 24 heavy (non-hydrogen) atoms. The quantitative estimate of drug-likeness (QED) is 0.771. The van der Waals surface area contributed by atoms with E-state index in [0.29, 0.717) is 23.5 Å². The van der Waals surface area contributed by atoms with Crippen LogP contribution in [0.4, 0.5) is 0 Å². The molecule has 0 aliphatic carbocycles. The molecule has 130 valence electrons. The first-order chi connectivity index (χ1) is 11.3. The number of nitrogens with zero attached hydrogens (tertiary/aromatic N) is 3. The van der Waals surface area contributed by atoms with Crippen molar-refractivity contribution in [1.29, 1.82) is 0 Å². The van der Waals surface area contributed by atoms with Crippen LogP contribution in [0.25, 0.3) is 0 Å². The molecule has 2 aromatic rings. The molecule has 1 fully saturated rings. The Morgan fingerprint density at radius 1 is 1.29 bits per heavy atom. The van der Waals surface area contributed by atoms with Crippen molar-refractivity contribution < 1.29 is 9.21 Å². The van der Waals surface area contributed by atoms with Crippen LogP contribution in [-0.4, -0.2) is 46.9 Å². The van der Waals surface area contributed by atoms with E-state index in [-0.39, 0.29) is 11.3 Å². The molecule has 3 heterocycles. The van der Waals surface area contributed by atoms with Gasteiger partial charge < -0.3 is 9.32 Å². The van der Waals surface area contributed by atoms with Gasteiger partial charge in [-0.05, 0) is 28.1 Å². The number of carbonyl (C=O) groups is 1. The fraction of sp³-hybridized carbons (Fsp3) is 0.529. The van der Waals surface area contributed by atoms with Gasteiger partial charge in [0.1, 0.15) is 5.01 Å². The summed E-state index contributed by atoms with van der Waals surface area (Å²) in [7, 11) is 0. The van der Waals surface area contributed by atoms with Crippen molar-refractivity contribution in [2.24, 2.45) is 0 Å². The molecule has 2 aromatic heterocycles. The molecule has 1 amide bonds. The second-order valence-electron chi connectivity index (χ2n) is 7.05. The second-order valence-corrected chi connectivity index (χ2v) is 8.77. The highest BCUT2D eigenvalue weighted by molar-refractivity contribution is 9.10. The Morgan fingerprint density at radius 2 is 2.00 bits per heavy atom. The van der Waals surface area contributed by atoms with Crippen LogP contribution < -0.4 is 0 Å². The van der Waals surface area contributed by atoms with Gasteiger partial charge in [0, 0.05) is 37.0 Å². The van der Waals surface area contributed by atoms with Crippen molar-refractivity contribution in [2.45, 2.75) is 32.7 Å². The van der Waals surface area contributed by atoms with Gasteiger partial charge in [-0.25, -0.2) is 4.98 Å².